The molecule has 0 bridgehead atoms. The molecule has 84 valence electrons. The Morgan fingerprint density at radius 1 is 1.44 bits per heavy atom. The normalized spacial score (nSPS) is 12.8. The van der Waals surface area contributed by atoms with Gasteiger partial charge in [0.15, 0.2) is 0 Å². The van der Waals surface area contributed by atoms with Crippen molar-refractivity contribution < 1.29 is 9.50 Å². The van der Waals surface area contributed by atoms with Crippen LogP contribution in [0.4, 0.5) is 4.39 Å². The Kier molecular flexibility index (Phi) is 3.99. The number of thiophene rings is 1. The molecule has 1 unspecified atom stereocenters. The standard InChI is InChI=1S/C11H7BrFIOS/c12-8-3-1-2-7(10(8)13)11(15)6-4-9(14)16-5-6/h1-5,11,15H. The minimum absolute atomic E-state index is 0.295. The highest BCUT2D eigenvalue weighted by molar-refractivity contribution is 14.1. The van der Waals surface area contributed by atoms with Crippen LogP contribution >= 0.6 is 49.9 Å². The highest BCUT2D eigenvalue weighted by atomic mass is 127. The van der Waals surface area contributed by atoms with Gasteiger partial charge in [0.2, 0.25) is 0 Å². The summed E-state index contributed by atoms with van der Waals surface area (Å²) in [6.45, 7) is 0. The maximum Gasteiger partial charge on any atom is 0.143 e. The van der Waals surface area contributed by atoms with Crippen molar-refractivity contribution in [3.05, 3.63) is 53.9 Å². The monoisotopic (exact) mass is 412 g/mol. The SMILES string of the molecule is OC(c1csc(I)c1)c1cccc(Br)c1F. The van der Waals surface area contributed by atoms with E-state index >= 15 is 0 Å². The second-order valence-electron chi connectivity index (χ2n) is 3.23. The second kappa shape index (κ2) is 5.12. The van der Waals surface area contributed by atoms with Crippen LogP contribution in [0.2, 0.25) is 0 Å². The first kappa shape index (κ1) is 12.5. The second-order valence-corrected chi connectivity index (χ2v) is 6.89. The summed E-state index contributed by atoms with van der Waals surface area (Å²) in [7, 11) is 0. The third kappa shape index (κ3) is 2.47. The van der Waals surface area contributed by atoms with E-state index in [1.807, 2.05) is 11.4 Å². The molecule has 16 heavy (non-hydrogen) atoms. The zero-order chi connectivity index (χ0) is 11.7. The highest BCUT2D eigenvalue weighted by Gasteiger charge is 2.17. The molecule has 2 aromatic rings. The number of halogens is 3. The average Bonchev–Trinajstić information content (AvgIpc) is 2.68. The first-order valence-electron chi connectivity index (χ1n) is 4.45. The Balaban J connectivity index is 2.41. The van der Waals surface area contributed by atoms with Gasteiger partial charge in [-0.15, -0.1) is 11.3 Å². The molecule has 0 radical (unpaired) electrons. The van der Waals surface area contributed by atoms with Crippen molar-refractivity contribution in [2.24, 2.45) is 0 Å². The van der Waals surface area contributed by atoms with Crippen LogP contribution in [-0.4, -0.2) is 5.11 Å². The molecule has 0 saturated carbocycles. The van der Waals surface area contributed by atoms with Crippen LogP contribution < -0.4 is 0 Å². The number of hydrogen-bond donors (Lipinski definition) is 1. The summed E-state index contributed by atoms with van der Waals surface area (Å²) in [6, 6.07) is 6.78. The van der Waals surface area contributed by atoms with Gasteiger partial charge in [0.25, 0.3) is 0 Å². The predicted molar refractivity (Wildman–Crippen MR) is 75.2 cm³/mol. The molecule has 1 heterocycles. The Labute approximate surface area is 119 Å². The molecule has 1 atom stereocenters. The number of rotatable bonds is 2. The van der Waals surface area contributed by atoms with E-state index in [9.17, 15) is 9.50 Å². The topological polar surface area (TPSA) is 20.2 Å². The third-order valence-corrected chi connectivity index (χ3v) is 4.60. The maximum absolute atomic E-state index is 13.7. The lowest BCUT2D eigenvalue weighted by Gasteiger charge is -2.11. The molecule has 1 aromatic carbocycles. The molecule has 0 fully saturated rings. The Bertz CT molecular complexity index is 514. The van der Waals surface area contributed by atoms with E-state index in [4.69, 9.17) is 0 Å². The number of benzene rings is 1. The van der Waals surface area contributed by atoms with Gasteiger partial charge >= 0.3 is 0 Å². The minimum Gasteiger partial charge on any atom is -0.384 e. The molecule has 1 N–H and O–H groups in total. The quantitative estimate of drug-likeness (QED) is 0.727. The molecule has 5 heteroatoms. The van der Waals surface area contributed by atoms with Gasteiger partial charge in [-0.1, -0.05) is 12.1 Å². The van der Waals surface area contributed by atoms with Crippen molar-refractivity contribution in [1.82, 2.24) is 0 Å². The molecule has 2 rings (SSSR count). The first-order chi connectivity index (χ1) is 7.59. The highest BCUT2D eigenvalue weighted by Crippen LogP contribution is 2.30. The number of aliphatic hydroxyl groups excluding tert-OH is 1. The van der Waals surface area contributed by atoms with Crippen molar-refractivity contribution in [2.75, 3.05) is 0 Å². The molecule has 0 spiro atoms. The van der Waals surface area contributed by atoms with Crippen molar-refractivity contribution >= 4 is 49.9 Å². The summed E-state index contributed by atoms with van der Waals surface area (Å²) in [6.07, 6.45) is -0.905. The molecular weight excluding hydrogens is 406 g/mol. The van der Waals surface area contributed by atoms with Crippen LogP contribution in [-0.2, 0) is 0 Å². The molecule has 0 aliphatic carbocycles. The van der Waals surface area contributed by atoms with Crippen molar-refractivity contribution in [3.8, 4) is 0 Å². The zero-order valence-electron chi connectivity index (χ0n) is 7.95. The molecule has 1 aromatic heterocycles. The van der Waals surface area contributed by atoms with E-state index in [0.717, 1.165) is 8.45 Å². The number of aliphatic hydroxyl groups is 1. The summed E-state index contributed by atoms with van der Waals surface area (Å²) in [5.41, 5.74) is 1.02. The first-order valence-corrected chi connectivity index (χ1v) is 7.20. The van der Waals surface area contributed by atoms with E-state index in [1.54, 1.807) is 18.2 Å². The van der Waals surface area contributed by atoms with E-state index < -0.39 is 11.9 Å². The van der Waals surface area contributed by atoms with Crippen molar-refractivity contribution in [3.63, 3.8) is 0 Å². The fraction of sp³-hybridized carbons (Fsp3) is 0.0909. The summed E-state index contributed by atoms with van der Waals surface area (Å²) in [5, 5.41) is 11.9. The van der Waals surface area contributed by atoms with E-state index in [2.05, 4.69) is 38.5 Å². The Hall–Kier alpha value is 0.0200. The largest absolute Gasteiger partial charge is 0.384 e. The molecule has 1 nitrogen and oxygen atoms in total. The molecule has 0 saturated heterocycles. The van der Waals surface area contributed by atoms with Crippen LogP contribution in [0.25, 0.3) is 0 Å². The van der Waals surface area contributed by atoms with E-state index in [1.165, 1.54) is 11.3 Å². The van der Waals surface area contributed by atoms with Crippen LogP contribution in [0.15, 0.2) is 34.1 Å². The zero-order valence-corrected chi connectivity index (χ0v) is 12.5. The predicted octanol–water partition coefficient (Wildman–Crippen LogP) is 4.34. The summed E-state index contributed by atoms with van der Waals surface area (Å²) < 4.78 is 15.2. The minimum atomic E-state index is -0.905. The molecule has 0 aliphatic rings. The van der Waals surface area contributed by atoms with E-state index in [-0.39, 0.29) is 0 Å². The van der Waals surface area contributed by atoms with Gasteiger partial charge in [-0.05, 0) is 61.6 Å². The van der Waals surface area contributed by atoms with Crippen LogP contribution in [0.1, 0.15) is 17.2 Å². The smallest absolute Gasteiger partial charge is 0.143 e. The van der Waals surface area contributed by atoms with Gasteiger partial charge in [0, 0.05) is 5.56 Å². The van der Waals surface area contributed by atoms with Crippen LogP contribution in [0.5, 0.6) is 0 Å². The van der Waals surface area contributed by atoms with Gasteiger partial charge in [-0.3, -0.25) is 0 Å². The fourth-order valence-electron chi connectivity index (χ4n) is 1.38. The molecule has 0 aliphatic heterocycles. The van der Waals surface area contributed by atoms with Crippen molar-refractivity contribution in [2.45, 2.75) is 6.10 Å². The molecule has 0 amide bonds. The van der Waals surface area contributed by atoms with Crippen LogP contribution in [0, 0.1) is 8.70 Å². The lowest BCUT2D eigenvalue weighted by atomic mass is 10.0. The van der Waals surface area contributed by atoms with Crippen molar-refractivity contribution in [1.29, 1.82) is 0 Å². The summed E-state index contributed by atoms with van der Waals surface area (Å²) in [5.74, 6) is -0.406. The van der Waals surface area contributed by atoms with Gasteiger partial charge < -0.3 is 5.11 Å². The van der Waals surface area contributed by atoms with Gasteiger partial charge in [-0.25, -0.2) is 4.39 Å². The lowest BCUT2D eigenvalue weighted by Crippen LogP contribution is -2.01. The Morgan fingerprint density at radius 3 is 2.81 bits per heavy atom. The third-order valence-electron chi connectivity index (χ3n) is 2.18. The number of hydrogen-bond acceptors (Lipinski definition) is 2. The summed E-state index contributed by atoms with van der Waals surface area (Å²) in [4.78, 5) is 0. The van der Waals surface area contributed by atoms with Gasteiger partial charge in [0.1, 0.15) is 11.9 Å². The van der Waals surface area contributed by atoms with Gasteiger partial charge in [-0.2, -0.15) is 0 Å². The van der Waals surface area contributed by atoms with Gasteiger partial charge in [0.05, 0.1) is 7.36 Å². The molecular formula is C11H7BrFIOS. The Morgan fingerprint density at radius 2 is 2.19 bits per heavy atom. The summed E-state index contributed by atoms with van der Waals surface area (Å²) >= 11 is 6.81. The van der Waals surface area contributed by atoms with Crippen LogP contribution in [0.3, 0.4) is 0 Å². The maximum atomic E-state index is 13.7. The average molecular weight is 413 g/mol. The van der Waals surface area contributed by atoms with E-state index in [0.29, 0.717) is 10.0 Å². The fourth-order valence-corrected chi connectivity index (χ4v) is 3.15. The lowest BCUT2D eigenvalue weighted by molar-refractivity contribution is 0.215.